The third-order valence-electron chi connectivity index (χ3n) is 3.00. The number of carbonyl (C=O) groups is 2. The van der Waals surface area contributed by atoms with Crippen LogP contribution in [0.15, 0.2) is 35.7 Å². The minimum absolute atomic E-state index is 0.268. The zero-order valence-corrected chi connectivity index (χ0v) is 13.6. The fraction of sp³-hybridized carbons (Fsp3) is 0.250. The molecule has 7 heteroatoms. The molecule has 1 atom stereocenters. The molecule has 0 aliphatic carbocycles. The Kier molecular flexibility index (Phi) is 5.59. The molecule has 0 aliphatic heterocycles. The summed E-state index contributed by atoms with van der Waals surface area (Å²) in [7, 11) is 1.44. The first-order chi connectivity index (χ1) is 11.0. The van der Waals surface area contributed by atoms with E-state index in [4.69, 9.17) is 19.9 Å². The van der Waals surface area contributed by atoms with Crippen molar-refractivity contribution in [2.24, 2.45) is 5.73 Å². The molecule has 0 bridgehead atoms. The van der Waals surface area contributed by atoms with Crippen LogP contribution in [-0.4, -0.2) is 25.6 Å². The van der Waals surface area contributed by atoms with E-state index in [2.05, 4.69) is 0 Å². The third kappa shape index (κ3) is 4.46. The number of ether oxygens (including phenoxy) is 3. The fourth-order valence-electron chi connectivity index (χ4n) is 1.87. The summed E-state index contributed by atoms with van der Waals surface area (Å²) in [6.07, 6.45) is -0.334. The molecule has 0 spiro atoms. The van der Waals surface area contributed by atoms with E-state index in [1.54, 1.807) is 6.07 Å². The van der Waals surface area contributed by atoms with Crippen LogP contribution in [-0.2, 0) is 9.53 Å². The number of carbonyl (C=O) groups excluding carboxylic acids is 2. The van der Waals surface area contributed by atoms with Crippen LogP contribution < -0.4 is 15.2 Å². The summed E-state index contributed by atoms with van der Waals surface area (Å²) in [4.78, 5) is 23.9. The van der Waals surface area contributed by atoms with E-state index < -0.39 is 11.9 Å². The van der Waals surface area contributed by atoms with Gasteiger partial charge in [0.25, 0.3) is 5.91 Å². The minimum atomic E-state index is -0.597. The maximum atomic E-state index is 12.2. The molecule has 1 amide bonds. The number of primary amides is 1. The highest BCUT2D eigenvalue weighted by atomic mass is 32.1. The molecule has 0 radical (unpaired) electrons. The first-order valence-electron chi connectivity index (χ1n) is 6.84. The van der Waals surface area contributed by atoms with Gasteiger partial charge in [-0.1, -0.05) is 6.07 Å². The molecule has 6 nitrogen and oxygen atoms in total. The average Bonchev–Trinajstić information content (AvgIpc) is 3.07. The van der Waals surface area contributed by atoms with Gasteiger partial charge in [-0.2, -0.15) is 0 Å². The third-order valence-corrected chi connectivity index (χ3v) is 4.03. The Morgan fingerprint density at radius 3 is 2.65 bits per heavy atom. The second-order valence-electron chi connectivity index (χ2n) is 4.68. The van der Waals surface area contributed by atoms with Crippen molar-refractivity contribution in [1.29, 1.82) is 0 Å². The summed E-state index contributed by atoms with van der Waals surface area (Å²) in [6.45, 7) is 1.54. The molecule has 1 aromatic carbocycles. The molecule has 0 saturated carbocycles. The van der Waals surface area contributed by atoms with Crippen molar-refractivity contribution >= 4 is 23.2 Å². The lowest BCUT2D eigenvalue weighted by molar-refractivity contribution is -0.119. The predicted molar refractivity (Wildman–Crippen MR) is 85.8 cm³/mol. The number of amides is 1. The molecule has 0 unspecified atom stereocenters. The van der Waals surface area contributed by atoms with E-state index in [0.717, 1.165) is 4.88 Å². The largest absolute Gasteiger partial charge is 0.493 e. The van der Waals surface area contributed by atoms with Crippen molar-refractivity contribution in [2.75, 3.05) is 13.7 Å². The van der Waals surface area contributed by atoms with Gasteiger partial charge in [0.2, 0.25) is 0 Å². The zero-order valence-electron chi connectivity index (χ0n) is 12.8. The van der Waals surface area contributed by atoms with Crippen LogP contribution >= 0.6 is 11.3 Å². The Bertz CT molecular complexity index is 684. The van der Waals surface area contributed by atoms with Crippen LogP contribution in [0.1, 0.15) is 28.3 Å². The van der Waals surface area contributed by atoms with Crippen LogP contribution in [0.2, 0.25) is 0 Å². The summed E-state index contributed by atoms with van der Waals surface area (Å²) in [5.41, 5.74) is 5.36. The summed E-state index contributed by atoms with van der Waals surface area (Å²) in [5.74, 6) is -0.412. The van der Waals surface area contributed by atoms with Crippen LogP contribution in [0, 0.1) is 0 Å². The lowest BCUT2D eigenvalue weighted by Crippen LogP contribution is -2.20. The van der Waals surface area contributed by atoms with E-state index in [1.807, 2.05) is 24.4 Å². The highest BCUT2D eigenvalue weighted by Crippen LogP contribution is 2.29. The number of thiophene rings is 1. The van der Waals surface area contributed by atoms with Gasteiger partial charge in [0.05, 0.1) is 12.7 Å². The Balaban J connectivity index is 2.10. The van der Waals surface area contributed by atoms with Gasteiger partial charge in [0.15, 0.2) is 18.1 Å². The zero-order chi connectivity index (χ0) is 16.8. The van der Waals surface area contributed by atoms with Crippen molar-refractivity contribution in [1.82, 2.24) is 0 Å². The molecule has 23 heavy (non-hydrogen) atoms. The lowest BCUT2D eigenvalue weighted by Gasteiger charge is -2.13. The van der Waals surface area contributed by atoms with Crippen molar-refractivity contribution < 1.29 is 23.8 Å². The van der Waals surface area contributed by atoms with E-state index in [0.29, 0.717) is 17.1 Å². The minimum Gasteiger partial charge on any atom is -0.493 e. The van der Waals surface area contributed by atoms with E-state index >= 15 is 0 Å². The molecule has 2 rings (SSSR count). The first kappa shape index (κ1) is 16.8. The van der Waals surface area contributed by atoms with Gasteiger partial charge in [-0.05, 0) is 36.6 Å². The second-order valence-corrected chi connectivity index (χ2v) is 5.66. The second kappa shape index (κ2) is 7.64. The van der Waals surface area contributed by atoms with Crippen molar-refractivity contribution in [3.63, 3.8) is 0 Å². The van der Waals surface area contributed by atoms with Gasteiger partial charge in [-0.3, -0.25) is 4.79 Å². The van der Waals surface area contributed by atoms with Gasteiger partial charge in [-0.25, -0.2) is 4.79 Å². The SMILES string of the molecule is COc1cc(C(=O)O[C@@H](C)c2cccs2)ccc1OCC(N)=O. The van der Waals surface area contributed by atoms with Crippen molar-refractivity contribution in [2.45, 2.75) is 13.0 Å². The maximum Gasteiger partial charge on any atom is 0.338 e. The summed E-state index contributed by atoms with van der Waals surface area (Å²) in [5, 5.41) is 1.92. The number of benzene rings is 1. The monoisotopic (exact) mass is 335 g/mol. The highest BCUT2D eigenvalue weighted by Gasteiger charge is 2.17. The Morgan fingerprint density at radius 2 is 2.04 bits per heavy atom. The Hall–Kier alpha value is -2.54. The average molecular weight is 335 g/mol. The molecular weight excluding hydrogens is 318 g/mol. The summed E-state index contributed by atoms with van der Waals surface area (Å²) >= 11 is 1.52. The molecule has 2 aromatic rings. The van der Waals surface area contributed by atoms with Crippen LogP contribution in [0.4, 0.5) is 0 Å². The number of nitrogens with two attached hydrogens (primary N) is 1. The van der Waals surface area contributed by atoms with Gasteiger partial charge < -0.3 is 19.9 Å². The number of methoxy groups -OCH3 is 1. The molecule has 0 aliphatic rings. The number of hydrogen-bond donors (Lipinski definition) is 1. The van der Waals surface area contributed by atoms with Gasteiger partial charge in [-0.15, -0.1) is 11.3 Å². The lowest BCUT2D eigenvalue weighted by atomic mass is 10.2. The van der Waals surface area contributed by atoms with E-state index in [9.17, 15) is 9.59 Å². The van der Waals surface area contributed by atoms with Crippen molar-refractivity contribution in [3.8, 4) is 11.5 Å². The number of esters is 1. The molecule has 1 aromatic heterocycles. The molecule has 0 fully saturated rings. The Labute approximate surface area is 137 Å². The predicted octanol–water partition coefficient (Wildman–Crippen LogP) is 2.54. The van der Waals surface area contributed by atoms with Gasteiger partial charge >= 0.3 is 5.97 Å². The maximum absolute atomic E-state index is 12.2. The van der Waals surface area contributed by atoms with E-state index in [1.165, 1.54) is 30.6 Å². The molecular formula is C16H17NO5S. The van der Waals surface area contributed by atoms with Crippen LogP contribution in [0.5, 0.6) is 11.5 Å². The summed E-state index contributed by atoms with van der Waals surface area (Å²) < 4.78 is 15.8. The van der Waals surface area contributed by atoms with E-state index in [-0.39, 0.29) is 12.7 Å². The molecule has 0 saturated heterocycles. The van der Waals surface area contributed by atoms with Gasteiger partial charge in [0, 0.05) is 4.88 Å². The fourth-order valence-corrected chi connectivity index (χ4v) is 2.58. The standard InChI is InChI=1S/C16H17NO5S/c1-10(14-4-3-7-23-14)22-16(19)11-5-6-12(13(8-11)20-2)21-9-15(17)18/h3-8,10H,9H2,1-2H3,(H2,17,18)/t10-/m0/s1. The molecule has 1 heterocycles. The summed E-state index contributed by atoms with van der Waals surface area (Å²) in [6, 6.07) is 8.39. The van der Waals surface area contributed by atoms with Crippen LogP contribution in [0.3, 0.4) is 0 Å². The first-order valence-corrected chi connectivity index (χ1v) is 7.72. The molecule has 122 valence electrons. The van der Waals surface area contributed by atoms with Crippen molar-refractivity contribution in [3.05, 3.63) is 46.2 Å². The number of rotatable bonds is 7. The van der Waals surface area contributed by atoms with Crippen LogP contribution in [0.25, 0.3) is 0 Å². The number of hydrogen-bond acceptors (Lipinski definition) is 6. The Morgan fingerprint density at radius 1 is 1.26 bits per heavy atom. The quantitative estimate of drug-likeness (QED) is 0.786. The smallest absolute Gasteiger partial charge is 0.338 e. The highest BCUT2D eigenvalue weighted by molar-refractivity contribution is 7.10. The topological polar surface area (TPSA) is 87.8 Å². The normalized spacial score (nSPS) is 11.6. The van der Waals surface area contributed by atoms with Gasteiger partial charge in [0.1, 0.15) is 6.10 Å². The molecule has 2 N–H and O–H groups in total.